The van der Waals surface area contributed by atoms with Crippen molar-refractivity contribution in [3.63, 3.8) is 0 Å². The lowest BCUT2D eigenvalue weighted by atomic mass is 9.96. The Kier molecular flexibility index (Phi) is 8.32. The molecule has 212 valence electrons. The highest BCUT2D eigenvalue weighted by molar-refractivity contribution is 7.89. The fourth-order valence-corrected chi connectivity index (χ4v) is 6.52. The second kappa shape index (κ2) is 11.7. The minimum atomic E-state index is -3.55. The van der Waals surface area contributed by atoms with Crippen molar-refractivity contribution in [1.82, 2.24) is 14.1 Å². The first kappa shape index (κ1) is 28.4. The number of carbonyl (C=O) groups is 1. The molecule has 0 spiro atoms. The molecule has 3 aromatic rings. The van der Waals surface area contributed by atoms with Crippen LogP contribution in [0.5, 0.6) is 0 Å². The van der Waals surface area contributed by atoms with Crippen molar-refractivity contribution in [1.29, 1.82) is 0 Å². The van der Waals surface area contributed by atoms with Crippen LogP contribution < -0.4 is 4.90 Å². The molecular weight excluding hydrogens is 534 g/mol. The van der Waals surface area contributed by atoms with E-state index in [0.29, 0.717) is 32.7 Å². The van der Waals surface area contributed by atoms with E-state index in [1.165, 1.54) is 42.7 Å². The first-order chi connectivity index (χ1) is 19.1. The topological polar surface area (TPSA) is 64.2 Å². The molecule has 0 N–H and O–H groups in total. The number of halogens is 2. The summed E-state index contributed by atoms with van der Waals surface area (Å²) in [5.74, 6) is -0.620. The summed E-state index contributed by atoms with van der Waals surface area (Å²) in [6.45, 7) is 3.59. The number of sulfonamides is 1. The average Bonchev–Trinajstić information content (AvgIpc) is 2.95. The molecule has 1 saturated heterocycles. The summed E-state index contributed by atoms with van der Waals surface area (Å²) < 4.78 is 53.6. The molecule has 40 heavy (non-hydrogen) atoms. The Morgan fingerprint density at radius 3 is 1.98 bits per heavy atom. The smallest absolute Gasteiger partial charge is 0.242 e. The summed E-state index contributed by atoms with van der Waals surface area (Å²) in [7, 11) is -0.536. The largest absolute Gasteiger partial charge is 0.311 e. The van der Waals surface area contributed by atoms with Crippen LogP contribution in [0.3, 0.4) is 0 Å². The lowest BCUT2D eigenvalue weighted by Crippen LogP contribution is -2.51. The molecule has 2 aliphatic rings. The van der Waals surface area contributed by atoms with Crippen LogP contribution in [0, 0.1) is 11.6 Å². The number of benzene rings is 3. The maximum absolute atomic E-state index is 13.6. The molecule has 0 unspecified atom stereocenters. The molecule has 1 fully saturated rings. The summed E-state index contributed by atoms with van der Waals surface area (Å²) in [5, 5.41) is 0. The molecule has 7 nitrogen and oxygen atoms in total. The number of fused-ring (bicyclic) bond motifs is 1. The number of aryl methyl sites for hydroxylation is 1. The van der Waals surface area contributed by atoms with Gasteiger partial charge >= 0.3 is 0 Å². The fourth-order valence-electron chi connectivity index (χ4n) is 5.56. The highest BCUT2D eigenvalue weighted by Crippen LogP contribution is 2.32. The van der Waals surface area contributed by atoms with Crippen LogP contribution in [-0.4, -0.2) is 81.8 Å². The summed E-state index contributed by atoms with van der Waals surface area (Å²) in [6.07, 6.45) is 1.50. The summed E-state index contributed by atoms with van der Waals surface area (Å²) in [6, 6.07) is 17.7. The van der Waals surface area contributed by atoms with Gasteiger partial charge in [0.05, 0.1) is 17.5 Å². The van der Waals surface area contributed by atoms with Crippen LogP contribution in [0.2, 0.25) is 0 Å². The highest BCUT2D eigenvalue weighted by Gasteiger charge is 2.30. The first-order valence-electron chi connectivity index (χ1n) is 13.5. The number of nitrogens with zero attached hydrogens (tertiary/aromatic N) is 4. The third-order valence-electron chi connectivity index (χ3n) is 7.75. The third-order valence-corrected chi connectivity index (χ3v) is 9.56. The van der Waals surface area contributed by atoms with Gasteiger partial charge < -0.3 is 4.90 Å². The molecular formula is C30H34F2N4O3S. The lowest BCUT2D eigenvalue weighted by Gasteiger charge is -2.40. The molecule has 0 radical (unpaired) electrons. The monoisotopic (exact) mass is 568 g/mol. The Morgan fingerprint density at radius 2 is 1.43 bits per heavy atom. The Balaban J connectivity index is 1.27. The standard InChI is InChI=1S/C30H34F2N4O3S/c1-33(2)40(38,39)27-13-14-28-24(20-27)4-3-15-36(28)29(37)21-34-16-18-35(19-17-34)30(22-5-9-25(31)10-6-22)23-7-11-26(32)12-8-23/h5-14,20,30H,3-4,15-19,21H2,1-2H3. The molecule has 10 heteroatoms. The van der Waals surface area contributed by atoms with Gasteiger partial charge in [0, 0.05) is 52.5 Å². The number of carbonyl (C=O) groups excluding carboxylic acids is 1. The van der Waals surface area contributed by atoms with Gasteiger partial charge in [-0.1, -0.05) is 24.3 Å². The van der Waals surface area contributed by atoms with E-state index in [1.54, 1.807) is 47.4 Å². The van der Waals surface area contributed by atoms with Crippen molar-refractivity contribution in [2.24, 2.45) is 0 Å². The van der Waals surface area contributed by atoms with E-state index in [1.807, 2.05) is 0 Å². The zero-order valence-corrected chi connectivity index (χ0v) is 23.6. The number of hydrogen-bond donors (Lipinski definition) is 0. The zero-order chi connectivity index (χ0) is 28.4. The zero-order valence-electron chi connectivity index (χ0n) is 22.8. The van der Waals surface area contributed by atoms with E-state index < -0.39 is 10.0 Å². The van der Waals surface area contributed by atoms with Gasteiger partial charge in [0.25, 0.3) is 0 Å². The van der Waals surface area contributed by atoms with Gasteiger partial charge in [0.2, 0.25) is 15.9 Å². The minimum absolute atomic E-state index is 0.00811. The number of anilines is 1. The number of amides is 1. The van der Waals surface area contributed by atoms with E-state index in [9.17, 15) is 22.0 Å². The Bertz CT molecular complexity index is 1410. The SMILES string of the molecule is CN(C)S(=O)(=O)c1ccc2c(c1)CCCN2C(=O)CN1CCN(C(c2ccc(F)cc2)c2ccc(F)cc2)CC1. The number of rotatable bonds is 7. The van der Waals surface area contributed by atoms with E-state index in [-0.39, 0.29) is 35.0 Å². The van der Waals surface area contributed by atoms with Crippen molar-refractivity contribution in [3.05, 3.63) is 95.1 Å². The van der Waals surface area contributed by atoms with E-state index in [2.05, 4.69) is 9.80 Å². The quantitative estimate of drug-likeness (QED) is 0.433. The van der Waals surface area contributed by atoms with Gasteiger partial charge in [-0.05, 0) is 72.0 Å². The lowest BCUT2D eigenvalue weighted by molar-refractivity contribution is -0.120. The van der Waals surface area contributed by atoms with Gasteiger partial charge in [0.15, 0.2) is 0 Å². The molecule has 5 rings (SSSR count). The van der Waals surface area contributed by atoms with E-state index in [4.69, 9.17) is 0 Å². The molecule has 1 amide bonds. The van der Waals surface area contributed by atoms with Gasteiger partial charge in [-0.2, -0.15) is 0 Å². The molecule has 0 aliphatic carbocycles. The molecule has 2 aliphatic heterocycles. The van der Waals surface area contributed by atoms with Gasteiger partial charge in [-0.25, -0.2) is 21.5 Å². The van der Waals surface area contributed by atoms with Gasteiger partial charge in [0.1, 0.15) is 11.6 Å². The molecule has 2 heterocycles. The number of hydrogen-bond acceptors (Lipinski definition) is 5. The third kappa shape index (κ3) is 5.95. The second-order valence-electron chi connectivity index (χ2n) is 10.5. The van der Waals surface area contributed by atoms with E-state index in [0.717, 1.165) is 35.2 Å². The van der Waals surface area contributed by atoms with Crippen LogP contribution in [0.25, 0.3) is 0 Å². The minimum Gasteiger partial charge on any atom is -0.311 e. The predicted octanol–water partition coefficient (Wildman–Crippen LogP) is 3.90. The summed E-state index contributed by atoms with van der Waals surface area (Å²) in [4.78, 5) is 19.8. The summed E-state index contributed by atoms with van der Waals surface area (Å²) >= 11 is 0. The second-order valence-corrected chi connectivity index (χ2v) is 12.7. The van der Waals surface area contributed by atoms with E-state index >= 15 is 0 Å². The Labute approximate surface area is 234 Å². The maximum Gasteiger partial charge on any atom is 0.242 e. The van der Waals surface area contributed by atoms with Crippen LogP contribution >= 0.6 is 0 Å². The Morgan fingerprint density at radius 1 is 0.850 bits per heavy atom. The van der Waals surface area contributed by atoms with Gasteiger partial charge in [-0.15, -0.1) is 0 Å². The average molecular weight is 569 g/mol. The van der Waals surface area contributed by atoms with Crippen molar-refractivity contribution < 1.29 is 22.0 Å². The Hall–Kier alpha value is -3.18. The van der Waals surface area contributed by atoms with Crippen molar-refractivity contribution in [2.75, 3.05) is 58.3 Å². The van der Waals surface area contributed by atoms with Crippen LogP contribution in [0.15, 0.2) is 71.6 Å². The van der Waals surface area contributed by atoms with Crippen LogP contribution in [-0.2, 0) is 21.2 Å². The molecule has 0 bridgehead atoms. The maximum atomic E-state index is 13.6. The van der Waals surface area contributed by atoms with Crippen molar-refractivity contribution in [2.45, 2.75) is 23.8 Å². The molecule has 0 saturated carbocycles. The summed E-state index contributed by atoms with van der Waals surface area (Å²) in [5.41, 5.74) is 3.50. The molecule has 0 atom stereocenters. The normalized spacial score (nSPS) is 16.9. The fraction of sp³-hybridized carbons (Fsp3) is 0.367. The first-order valence-corrected chi connectivity index (χ1v) is 14.9. The molecule has 3 aromatic carbocycles. The molecule has 0 aromatic heterocycles. The number of piperazine rings is 1. The van der Waals surface area contributed by atoms with Gasteiger partial charge in [-0.3, -0.25) is 14.6 Å². The van der Waals surface area contributed by atoms with Crippen molar-refractivity contribution >= 4 is 21.6 Å². The highest BCUT2D eigenvalue weighted by atomic mass is 32.2. The predicted molar refractivity (Wildman–Crippen MR) is 151 cm³/mol. The van der Waals surface area contributed by atoms with Crippen LogP contribution in [0.1, 0.15) is 29.2 Å². The van der Waals surface area contributed by atoms with Crippen LogP contribution in [0.4, 0.5) is 14.5 Å². The van der Waals surface area contributed by atoms with Crippen molar-refractivity contribution in [3.8, 4) is 0 Å².